The highest BCUT2D eigenvalue weighted by Crippen LogP contribution is 2.15. The summed E-state index contributed by atoms with van der Waals surface area (Å²) >= 11 is 0. The third kappa shape index (κ3) is 5.21. The van der Waals surface area contributed by atoms with Gasteiger partial charge in [-0.3, -0.25) is 0 Å². The molecule has 0 amide bonds. The highest BCUT2D eigenvalue weighted by Gasteiger charge is 2.19. The molecule has 0 radical (unpaired) electrons. The van der Waals surface area contributed by atoms with E-state index in [-0.39, 0.29) is 0 Å². The number of β-amino-alcohol motifs (C(OH)–C–C–N with tert-alkyl or cyclic N) is 1. The fraction of sp³-hybridized carbons (Fsp3) is 0.625. The Labute approximate surface area is 121 Å². The molecule has 20 heavy (non-hydrogen) atoms. The van der Waals surface area contributed by atoms with Gasteiger partial charge in [0.25, 0.3) is 0 Å². The lowest BCUT2D eigenvalue weighted by molar-refractivity contribution is 0.00473. The molecule has 4 nitrogen and oxygen atoms in total. The first-order valence-corrected chi connectivity index (χ1v) is 7.50. The summed E-state index contributed by atoms with van der Waals surface area (Å²) in [7, 11) is 0. The number of benzene rings is 1. The van der Waals surface area contributed by atoms with Crippen molar-refractivity contribution >= 4 is 0 Å². The van der Waals surface area contributed by atoms with Crippen molar-refractivity contribution in [1.29, 1.82) is 0 Å². The lowest BCUT2D eigenvalue weighted by Gasteiger charge is -2.32. The zero-order chi connectivity index (χ0) is 14.2. The van der Waals surface area contributed by atoms with E-state index in [1.54, 1.807) is 0 Å². The summed E-state index contributed by atoms with van der Waals surface area (Å²) in [6.45, 7) is 4.52. The van der Waals surface area contributed by atoms with Crippen molar-refractivity contribution in [2.75, 3.05) is 32.8 Å². The summed E-state index contributed by atoms with van der Waals surface area (Å²) in [4.78, 5) is 2.31. The Balaban J connectivity index is 1.60. The van der Waals surface area contributed by atoms with Gasteiger partial charge < -0.3 is 20.5 Å². The van der Waals surface area contributed by atoms with E-state index < -0.39 is 6.10 Å². The first-order chi connectivity index (χ1) is 9.78. The molecular formula is C16H26N2O2. The van der Waals surface area contributed by atoms with Crippen LogP contribution in [-0.4, -0.2) is 48.9 Å². The molecule has 3 N–H and O–H groups in total. The lowest BCUT2D eigenvalue weighted by atomic mass is 9.97. The van der Waals surface area contributed by atoms with Crippen LogP contribution in [-0.2, 0) is 11.3 Å². The van der Waals surface area contributed by atoms with Gasteiger partial charge in [-0.05, 0) is 44.0 Å². The second-order valence-electron chi connectivity index (χ2n) is 5.63. The average Bonchev–Trinajstić information content (AvgIpc) is 2.49. The third-order valence-electron chi connectivity index (χ3n) is 3.93. The highest BCUT2D eigenvalue weighted by atomic mass is 16.5. The Morgan fingerprint density at radius 3 is 2.60 bits per heavy atom. The van der Waals surface area contributed by atoms with Crippen LogP contribution in [0.15, 0.2) is 30.3 Å². The van der Waals surface area contributed by atoms with Gasteiger partial charge in [-0.2, -0.15) is 0 Å². The Morgan fingerprint density at radius 1 is 1.25 bits per heavy atom. The Bertz CT molecular complexity index is 364. The molecule has 0 aliphatic carbocycles. The van der Waals surface area contributed by atoms with Crippen LogP contribution in [0.3, 0.4) is 0 Å². The predicted octanol–water partition coefficient (Wildman–Crippen LogP) is 1.23. The number of rotatable bonds is 7. The Hall–Kier alpha value is -0.940. The minimum absolute atomic E-state index is 0.395. The summed E-state index contributed by atoms with van der Waals surface area (Å²) in [6, 6.07) is 10.0. The molecule has 1 atom stereocenters. The van der Waals surface area contributed by atoms with Gasteiger partial charge in [0.2, 0.25) is 0 Å². The molecule has 0 aromatic heterocycles. The number of hydrogen-bond donors (Lipinski definition) is 2. The van der Waals surface area contributed by atoms with E-state index in [4.69, 9.17) is 10.5 Å². The molecule has 0 saturated carbocycles. The van der Waals surface area contributed by atoms with Crippen molar-refractivity contribution in [3.05, 3.63) is 35.9 Å². The number of hydrogen-bond acceptors (Lipinski definition) is 4. The smallest absolute Gasteiger partial charge is 0.0900 e. The molecule has 1 aromatic carbocycles. The van der Waals surface area contributed by atoms with Gasteiger partial charge in [-0.25, -0.2) is 0 Å². The molecule has 1 heterocycles. The molecule has 1 fully saturated rings. The topological polar surface area (TPSA) is 58.7 Å². The largest absolute Gasteiger partial charge is 0.389 e. The summed E-state index contributed by atoms with van der Waals surface area (Å²) in [5.41, 5.74) is 6.83. The van der Waals surface area contributed by atoms with Crippen LogP contribution < -0.4 is 5.73 Å². The van der Waals surface area contributed by atoms with Crippen molar-refractivity contribution in [2.24, 2.45) is 11.7 Å². The van der Waals surface area contributed by atoms with Crippen LogP contribution in [0.5, 0.6) is 0 Å². The van der Waals surface area contributed by atoms with Crippen molar-refractivity contribution in [2.45, 2.75) is 25.6 Å². The number of nitrogens with zero attached hydrogens (tertiary/aromatic N) is 1. The van der Waals surface area contributed by atoms with Crippen LogP contribution in [0.4, 0.5) is 0 Å². The van der Waals surface area contributed by atoms with Gasteiger partial charge in [0.05, 0.1) is 19.3 Å². The van der Waals surface area contributed by atoms with E-state index >= 15 is 0 Å². The van der Waals surface area contributed by atoms with Crippen LogP contribution >= 0.6 is 0 Å². The molecule has 4 heteroatoms. The monoisotopic (exact) mass is 278 g/mol. The van der Waals surface area contributed by atoms with Crippen molar-refractivity contribution in [1.82, 2.24) is 4.90 Å². The molecule has 1 aliphatic heterocycles. The number of likely N-dealkylation sites (tertiary alicyclic amines) is 1. The van der Waals surface area contributed by atoms with E-state index in [1.807, 2.05) is 30.3 Å². The van der Waals surface area contributed by atoms with Crippen LogP contribution in [0, 0.1) is 5.92 Å². The molecule has 0 bridgehead atoms. The average molecular weight is 278 g/mol. The molecular weight excluding hydrogens is 252 g/mol. The number of aliphatic hydroxyl groups excluding tert-OH is 1. The second-order valence-corrected chi connectivity index (χ2v) is 5.63. The Kier molecular flexibility index (Phi) is 6.47. The number of nitrogens with two attached hydrogens (primary N) is 1. The number of ether oxygens (including phenoxy) is 1. The minimum Gasteiger partial charge on any atom is -0.389 e. The van der Waals surface area contributed by atoms with E-state index in [0.29, 0.717) is 25.7 Å². The fourth-order valence-corrected chi connectivity index (χ4v) is 2.64. The van der Waals surface area contributed by atoms with Crippen molar-refractivity contribution < 1.29 is 9.84 Å². The fourth-order valence-electron chi connectivity index (χ4n) is 2.64. The molecule has 1 unspecified atom stereocenters. The van der Waals surface area contributed by atoms with Gasteiger partial charge in [-0.1, -0.05) is 30.3 Å². The van der Waals surface area contributed by atoms with Crippen molar-refractivity contribution in [3.8, 4) is 0 Å². The van der Waals surface area contributed by atoms with Gasteiger partial charge in [0.15, 0.2) is 0 Å². The van der Waals surface area contributed by atoms with Gasteiger partial charge >= 0.3 is 0 Å². The van der Waals surface area contributed by atoms with E-state index in [2.05, 4.69) is 4.90 Å². The van der Waals surface area contributed by atoms with Gasteiger partial charge in [0, 0.05) is 6.54 Å². The van der Waals surface area contributed by atoms with Crippen LogP contribution in [0.1, 0.15) is 18.4 Å². The van der Waals surface area contributed by atoms with Gasteiger partial charge in [-0.15, -0.1) is 0 Å². The van der Waals surface area contributed by atoms with Gasteiger partial charge in [0.1, 0.15) is 0 Å². The Morgan fingerprint density at radius 2 is 1.95 bits per heavy atom. The van der Waals surface area contributed by atoms with Crippen molar-refractivity contribution in [3.63, 3.8) is 0 Å². The summed E-state index contributed by atoms with van der Waals surface area (Å²) < 4.78 is 5.57. The SMILES string of the molecule is NCC1CCN(CC(O)COCc2ccccc2)CC1. The molecule has 2 rings (SSSR count). The quantitative estimate of drug-likeness (QED) is 0.788. The summed E-state index contributed by atoms with van der Waals surface area (Å²) in [5, 5.41) is 10.0. The van der Waals surface area contributed by atoms with Crippen LogP contribution in [0.2, 0.25) is 0 Å². The predicted molar refractivity (Wildman–Crippen MR) is 80.3 cm³/mol. The third-order valence-corrected chi connectivity index (χ3v) is 3.93. The standard InChI is InChI=1S/C16H26N2O2/c17-10-14-6-8-18(9-7-14)11-16(19)13-20-12-15-4-2-1-3-5-15/h1-5,14,16,19H,6-13,17H2. The molecule has 112 valence electrons. The first kappa shape index (κ1) is 15.4. The minimum atomic E-state index is -0.409. The maximum atomic E-state index is 10.0. The zero-order valence-corrected chi connectivity index (χ0v) is 12.1. The molecule has 1 saturated heterocycles. The zero-order valence-electron chi connectivity index (χ0n) is 12.1. The maximum absolute atomic E-state index is 10.0. The lowest BCUT2D eigenvalue weighted by Crippen LogP contribution is -2.41. The summed E-state index contributed by atoms with van der Waals surface area (Å²) in [5.74, 6) is 0.665. The van der Waals surface area contributed by atoms with Crippen LogP contribution in [0.25, 0.3) is 0 Å². The highest BCUT2D eigenvalue weighted by molar-refractivity contribution is 5.13. The van der Waals surface area contributed by atoms with E-state index in [0.717, 1.165) is 38.0 Å². The number of piperidine rings is 1. The maximum Gasteiger partial charge on any atom is 0.0900 e. The second kappa shape index (κ2) is 8.37. The van der Waals surface area contributed by atoms with E-state index in [9.17, 15) is 5.11 Å². The summed E-state index contributed by atoms with van der Waals surface area (Å²) in [6.07, 6.45) is 1.88. The first-order valence-electron chi connectivity index (χ1n) is 7.50. The normalized spacial score (nSPS) is 19.1. The number of aliphatic hydroxyl groups is 1. The molecule has 0 spiro atoms. The van der Waals surface area contributed by atoms with E-state index in [1.165, 1.54) is 0 Å². The molecule has 1 aromatic rings. The molecule has 1 aliphatic rings.